The van der Waals surface area contributed by atoms with Crippen LogP contribution in [0, 0.1) is 5.82 Å². The van der Waals surface area contributed by atoms with Gasteiger partial charge in [0.1, 0.15) is 5.82 Å². The molecule has 0 N–H and O–H groups in total. The van der Waals surface area contributed by atoms with Crippen molar-refractivity contribution in [1.82, 2.24) is 4.98 Å². The van der Waals surface area contributed by atoms with E-state index in [1.165, 1.54) is 6.92 Å². The second-order valence-electron chi connectivity index (χ2n) is 2.24. The highest BCUT2D eigenvalue weighted by atomic mass is 32.2. The summed E-state index contributed by atoms with van der Waals surface area (Å²) in [6, 6.07) is 0.964. The van der Waals surface area contributed by atoms with E-state index >= 15 is 0 Å². The first-order chi connectivity index (χ1) is 5.56. The van der Waals surface area contributed by atoms with Crippen molar-refractivity contribution in [3.8, 4) is 0 Å². The van der Waals surface area contributed by atoms with E-state index in [0.717, 1.165) is 18.5 Å². The summed E-state index contributed by atoms with van der Waals surface area (Å²) in [5, 5.41) is 0. The molecule has 0 saturated carbocycles. The van der Waals surface area contributed by atoms with Crippen LogP contribution in [0.5, 0.6) is 0 Å². The lowest BCUT2D eigenvalue weighted by Crippen LogP contribution is -2.04. The molecule has 1 heterocycles. The number of aromatic nitrogens is 1. The number of halogens is 1. The molecule has 0 aliphatic rings. The number of hydrogen-bond acceptors (Lipinski definition) is 3. The smallest absolute Gasteiger partial charge is 0.179 e. The van der Waals surface area contributed by atoms with Crippen molar-refractivity contribution in [2.45, 2.75) is 11.8 Å². The Bertz CT molecular complexity index is 375. The molecule has 0 bridgehead atoms. The number of rotatable bonds is 2. The van der Waals surface area contributed by atoms with Gasteiger partial charge in [-0.25, -0.2) is 12.8 Å². The molecule has 1 rings (SSSR count). The van der Waals surface area contributed by atoms with Crippen LogP contribution in [0.4, 0.5) is 4.39 Å². The molecule has 1 aromatic rings. The van der Waals surface area contributed by atoms with E-state index in [9.17, 15) is 12.8 Å². The molecule has 5 heteroatoms. The zero-order valence-corrected chi connectivity index (χ0v) is 7.31. The van der Waals surface area contributed by atoms with Gasteiger partial charge in [-0.1, -0.05) is 6.92 Å². The van der Waals surface area contributed by atoms with Crippen LogP contribution in [-0.2, 0) is 9.84 Å². The Morgan fingerprint density at radius 1 is 1.50 bits per heavy atom. The largest absolute Gasteiger partial charge is 0.260 e. The third-order valence-corrected chi connectivity index (χ3v) is 3.12. The molecule has 0 saturated heterocycles. The van der Waals surface area contributed by atoms with E-state index in [1.807, 2.05) is 0 Å². The number of nitrogens with zero attached hydrogens (tertiary/aromatic N) is 1. The van der Waals surface area contributed by atoms with Gasteiger partial charge in [0.15, 0.2) is 9.84 Å². The second-order valence-corrected chi connectivity index (χ2v) is 4.52. The fraction of sp³-hybridized carbons (Fsp3) is 0.286. The molecule has 12 heavy (non-hydrogen) atoms. The average molecular weight is 189 g/mol. The lowest BCUT2D eigenvalue weighted by Gasteiger charge is -1.98. The molecule has 0 radical (unpaired) electrons. The van der Waals surface area contributed by atoms with Crippen molar-refractivity contribution in [2.75, 3.05) is 5.75 Å². The Morgan fingerprint density at radius 2 is 2.17 bits per heavy atom. The lowest BCUT2D eigenvalue weighted by molar-refractivity contribution is 0.589. The predicted octanol–water partition coefficient (Wildman–Crippen LogP) is 1.01. The zero-order chi connectivity index (χ0) is 9.19. The summed E-state index contributed by atoms with van der Waals surface area (Å²) >= 11 is 0. The van der Waals surface area contributed by atoms with E-state index in [2.05, 4.69) is 4.98 Å². The van der Waals surface area contributed by atoms with Crippen LogP contribution >= 0.6 is 0 Å². The maximum Gasteiger partial charge on any atom is 0.179 e. The molecular formula is C7H8FNO2S. The lowest BCUT2D eigenvalue weighted by atomic mass is 10.5. The van der Waals surface area contributed by atoms with E-state index in [4.69, 9.17) is 0 Å². The first-order valence-corrected chi connectivity index (χ1v) is 5.05. The van der Waals surface area contributed by atoms with E-state index in [0.29, 0.717) is 0 Å². The van der Waals surface area contributed by atoms with E-state index in [1.54, 1.807) is 0 Å². The van der Waals surface area contributed by atoms with Crippen molar-refractivity contribution < 1.29 is 12.8 Å². The quantitative estimate of drug-likeness (QED) is 0.697. The van der Waals surface area contributed by atoms with Crippen LogP contribution < -0.4 is 0 Å². The first kappa shape index (κ1) is 9.12. The van der Waals surface area contributed by atoms with Gasteiger partial charge in [0, 0.05) is 6.20 Å². The average Bonchev–Trinajstić information content (AvgIpc) is 2.05. The van der Waals surface area contributed by atoms with Crippen molar-refractivity contribution >= 4 is 9.84 Å². The highest BCUT2D eigenvalue weighted by Crippen LogP contribution is 2.09. The number of pyridine rings is 1. The Balaban J connectivity index is 3.21. The number of sulfone groups is 1. The summed E-state index contributed by atoms with van der Waals surface area (Å²) in [5.41, 5.74) is 0. The van der Waals surface area contributed by atoms with Gasteiger partial charge in [-0.05, 0) is 6.07 Å². The van der Waals surface area contributed by atoms with Gasteiger partial charge in [0.25, 0.3) is 0 Å². The fourth-order valence-electron chi connectivity index (χ4n) is 0.729. The van der Waals surface area contributed by atoms with Crippen molar-refractivity contribution in [3.63, 3.8) is 0 Å². The summed E-state index contributed by atoms with van der Waals surface area (Å²) in [6.07, 6.45) is 2.11. The SMILES string of the molecule is CCS(=O)(=O)c1cncc(F)c1. The highest BCUT2D eigenvalue weighted by Gasteiger charge is 2.11. The Morgan fingerprint density at radius 3 is 2.67 bits per heavy atom. The van der Waals surface area contributed by atoms with Gasteiger partial charge >= 0.3 is 0 Å². The van der Waals surface area contributed by atoms with E-state index in [-0.39, 0.29) is 10.6 Å². The molecule has 3 nitrogen and oxygen atoms in total. The minimum atomic E-state index is -3.32. The topological polar surface area (TPSA) is 47.0 Å². The van der Waals surface area contributed by atoms with E-state index < -0.39 is 15.7 Å². The second kappa shape index (κ2) is 3.18. The van der Waals surface area contributed by atoms with Crippen LogP contribution in [0.3, 0.4) is 0 Å². The Hall–Kier alpha value is -0.970. The monoisotopic (exact) mass is 189 g/mol. The molecule has 0 atom stereocenters. The molecule has 1 aromatic heterocycles. The van der Waals surface area contributed by atoms with Gasteiger partial charge < -0.3 is 0 Å². The van der Waals surface area contributed by atoms with Gasteiger partial charge in [-0.3, -0.25) is 4.98 Å². The summed E-state index contributed by atoms with van der Waals surface area (Å²) in [4.78, 5) is 3.38. The van der Waals surface area contributed by atoms with Crippen molar-refractivity contribution in [2.24, 2.45) is 0 Å². The highest BCUT2D eigenvalue weighted by molar-refractivity contribution is 7.91. The third kappa shape index (κ3) is 1.79. The molecule has 0 unspecified atom stereocenters. The molecule has 0 aromatic carbocycles. The minimum Gasteiger partial charge on any atom is -0.260 e. The van der Waals surface area contributed by atoms with Crippen LogP contribution in [0.15, 0.2) is 23.4 Å². The normalized spacial score (nSPS) is 11.5. The maximum atomic E-state index is 12.5. The van der Waals surface area contributed by atoms with Crippen LogP contribution in [0.1, 0.15) is 6.92 Å². The number of hydrogen-bond donors (Lipinski definition) is 0. The van der Waals surface area contributed by atoms with Crippen LogP contribution in [0.25, 0.3) is 0 Å². The molecule has 0 spiro atoms. The first-order valence-electron chi connectivity index (χ1n) is 3.39. The summed E-state index contributed by atoms with van der Waals surface area (Å²) in [7, 11) is -3.32. The van der Waals surface area contributed by atoms with Crippen molar-refractivity contribution in [1.29, 1.82) is 0 Å². The molecule has 0 fully saturated rings. The third-order valence-electron chi connectivity index (χ3n) is 1.42. The van der Waals surface area contributed by atoms with Gasteiger partial charge in [0.05, 0.1) is 16.8 Å². The van der Waals surface area contributed by atoms with Crippen LogP contribution in [0.2, 0.25) is 0 Å². The molecular weight excluding hydrogens is 181 g/mol. The summed E-state index contributed by atoms with van der Waals surface area (Å²) < 4.78 is 34.8. The van der Waals surface area contributed by atoms with Crippen LogP contribution in [-0.4, -0.2) is 19.2 Å². The minimum absolute atomic E-state index is 0.0435. The summed E-state index contributed by atoms with van der Waals surface area (Å²) in [5.74, 6) is -0.678. The van der Waals surface area contributed by atoms with Gasteiger partial charge in [0.2, 0.25) is 0 Å². The van der Waals surface area contributed by atoms with Gasteiger partial charge in [-0.2, -0.15) is 0 Å². The zero-order valence-electron chi connectivity index (χ0n) is 6.49. The van der Waals surface area contributed by atoms with Crippen molar-refractivity contribution in [3.05, 3.63) is 24.3 Å². The standard InChI is InChI=1S/C7H8FNO2S/c1-2-12(10,11)7-3-6(8)4-9-5-7/h3-5H,2H2,1H3. The predicted molar refractivity (Wildman–Crippen MR) is 41.9 cm³/mol. The Kier molecular flexibility index (Phi) is 2.42. The molecule has 0 aliphatic heterocycles. The molecule has 0 amide bonds. The molecule has 0 aliphatic carbocycles. The van der Waals surface area contributed by atoms with Gasteiger partial charge in [-0.15, -0.1) is 0 Å². The fourth-order valence-corrected chi connectivity index (χ4v) is 1.58. The molecule has 66 valence electrons. The Labute approximate surface area is 70.2 Å². The summed E-state index contributed by atoms with van der Waals surface area (Å²) in [6.45, 7) is 1.50. The maximum absolute atomic E-state index is 12.5.